The molecule has 3 nitrogen and oxygen atoms in total. The third-order valence-electron chi connectivity index (χ3n) is 3.35. The van der Waals surface area contributed by atoms with Gasteiger partial charge in [0.2, 0.25) is 0 Å². The highest BCUT2D eigenvalue weighted by Crippen LogP contribution is 2.14. The quantitative estimate of drug-likeness (QED) is 0.727. The molecular weight excluding hydrogens is 289 g/mol. The second-order valence-electron chi connectivity index (χ2n) is 5.11. The van der Waals surface area contributed by atoms with Gasteiger partial charge in [0.25, 0.3) is 0 Å². The first-order valence-corrected chi connectivity index (χ1v) is 7.75. The van der Waals surface area contributed by atoms with Crippen molar-refractivity contribution in [2.45, 2.75) is 39.2 Å². The molecule has 0 unspecified atom stereocenters. The van der Waals surface area contributed by atoms with Gasteiger partial charge in [-0.15, -0.1) is 0 Å². The molecule has 0 aliphatic rings. The number of unbranched alkanes of at least 4 members (excludes halogenated alkanes) is 1. The van der Waals surface area contributed by atoms with Gasteiger partial charge in [0.05, 0.1) is 5.69 Å². The molecule has 0 fully saturated rings. The fourth-order valence-electron chi connectivity index (χ4n) is 2.12. The van der Waals surface area contributed by atoms with Gasteiger partial charge in [0, 0.05) is 13.0 Å². The van der Waals surface area contributed by atoms with Crippen molar-refractivity contribution < 1.29 is 4.39 Å². The number of nitrogens with zero attached hydrogens (tertiary/aromatic N) is 1. The molecular formula is C16H21ClFN3. The number of hydrogen-bond donors (Lipinski definition) is 2. The van der Waals surface area contributed by atoms with Gasteiger partial charge in [-0.2, -0.15) is 0 Å². The van der Waals surface area contributed by atoms with Crippen molar-refractivity contribution in [1.82, 2.24) is 15.3 Å². The SMILES string of the molecule is CCCCc1nc(Cl)c(CNCCc2ccc(F)cc2)[nH]1. The summed E-state index contributed by atoms with van der Waals surface area (Å²) in [5.41, 5.74) is 2.05. The predicted molar refractivity (Wildman–Crippen MR) is 84.0 cm³/mol. The summed E-state index contributed by atoms with van der Waals surface area (Å²) in [6.45, 7) is 3.63. The number of aromatic amines is 1. The Labute approximate surface area is 129 Å². The molecule has 0 radical (unpaired) electrons. The van der Waals surface area contributed by atoms with E-state index in [1.54, 1.807) is 0 Å². The molecule has 0 amide bonds. The predicted octanol–water partition coefficient (Wildman–Crippen LogP) is 3.88. The number of rotatable bonds is 8. The standard InChI is InChI=1S/C16H21ClFN3/c1-2-3-4-15-20-14(16(17)21-15)11-19-10-9-12-5-7-13(18)8-6-12/h5-8,19H,2-4,9-11H2,1H3,(H,20,21). The van der Waals surface area contributed by atoms with Gasteiger partial charge in [0.15, 0.2) is 5.15 Å². The molecule has 0 saturated heterocycles. The van der Waals surface area contributed by atoms with Crippen LogP contribution in [-0.4, -0.2) is 16.5 Å². The van der Waals surface area contributed by atoms with Gasteiger partial charge in [-0.3, -0.25) is 0 Å². The fourth-order valence-corrected chi connectivity index (χ4v) is 2.33. The number of aromatic nitrogens is 2. The van der Waals surface area contributed by atoms with Crippen molar-refractivity contribution in [1.29, 1.82) is 0 Å². The smallest absolute Gasteiger partial charge is 0.151 e. The zero-order chi connectivity index (χ0) is 15.1. The first kappa shape index (κ1) is 16.0. The molecule has 0 spiro atoms. The molecule has 1 heterocycles. The maximum Gasteiger partial charge on any atom is 0.151 e. The summed E-state index contributed by atoms with van der Waals surface area (Å²) in [6.07, 6.45) is 4.05. The first-order chi connectivity index (χ1) is 10.2. The maximum absolute atomic E-state index is 12.8. The van der Waals surface area contributed by atoms with Crippen LogP contribution in [0.25, 0.3) is 0 Å². The zero-order valence-corrected chi connectivity index (χ0v) is 13.0. The molecule has 0 saturated carbocycles. The number of aryl methyl sites for hydroxylation is 1. The van der Waals surface area contributed by atoms with E-state index in [9.17, 15) is 4.39 Å². The Hall–Kier alpha value is -1.39. The van der Waals surface area contributed by atoms with E-state index in [1.165, 1.54) is 12.1 Å². The molecule has 0 aliphatic heterocycles. The molecule has 2 N–H and O–H groups in total. The van der Waals surface area contributed by atoms with Crippen LogP contribution in [0.3, 0.4) is 0 Å². The second kappa shape index (κ2) is 8.15. The minimum atomic E-state index is -0.199. The Morgan fingerprint density at radius 1 is 1.24 bits per heavy atom. The third kappa shape index (κ3) is 5.14. The van der Waals surface area contributed by atoms with Gasteiger partial charge in [0.1, 0.15) is 11.6 Å². The van der Waals surface area contributed by atoms with E-state index < -0.39 is 0 Å². The van der Waals surface area contributed by atoms with Crippen LogP contribution in [0.2, 0.25) is 5.15 Å². The minimum absolute atomic E-state index is 0.199. The molecule has 2 aromatic rings. The maximum atomic E-state index is 12.8. The van der Waals surface area contributed by atoms with Crippen LogP contribution < -0.4 is 5.32 Å². The number of imidazole rings is 1. The summed E-state index contributed by atoms with van der Waals surface area (Å²) in [7, 11) is 0. The van der Waals surface area contributed by atoms with Crippen LogP contribution in [0, 0.1) is 5.82 Å². The van der Waals surface area contributed by atoms with E-state index in [1.807, 2.05) is 12.1 Å². The summed E-state index contributed by atoms with van der Waals surface area (Å²) < 4.78 is 12.8. The number of halogens is 2. The second-order valence-corrected chi connectivity index (χ2v) is 5.47. The molecule has 1 aromatic heterocycles. The molecule has 21 heavy (non-hydrogen) atoms. The van der Waals surface area contributed by atoms with Gasteiger partial charge >= 0.3 is 0 Å². The van der Waals surface area contributed by atoms with Gasteiger partial charge < -0.3 is 10.3 Å². The van der Waals surface area contributed by atoms with Crippen molar-refractivity contribution in [2.24, 2.45) is 0 Å². The molecule has 0 aliphatic carbocycles. The Kier molecular flexibility index (Phi) is 6.21. The van der Waals surface area contributed by atoms with Gasteiger partial charge in [-0.1, -0.05) is 37.1 Å². The lowest BCUT2D eigenvalue weighted by Crippen LogP contribution is -2.17. The van der Waals surface area contributed by atoms with Crippen LogP contribution >= 0.6 is 11.6 Å². The van der Waals surface area contributed by atoms with E-state index in [2.05, 4.69) is 22.2 Å². The summed E-state index contributed by atoms with van der Waals surface area (Å²) >= 11 is 6.11. The summed E-state index contributed by atoms with van der Waals surface area (Å²) in [4.78, 5) is 7.59. The fraction of sp³-hybridized carbons (Fsp3) is 0.438. The lowest BCUT2D eigenvalue weighted by molar-refractivity contribution is 0.625. The third-order valence-corrected chi connectivity index (χ3v) is 3.66. The number of nitrogens with one attached hydrogen (secondary N) is 2. The van der Waals surface area contributed by atoms with Crippen molar-refractivity contribution in [3.63, 3.8) is 0 Å². The Morgan fingerprint density at radius 2 is 2.00 bits per heavy atom. The van der Waals surface area contributed by atoms with E-state index in [0.717, 1.165) is 49.3 Å². The van der Waals surface area contributed by atoms with Crippen molar-refractivity contribution >= 4 is 11.6 Å². The number of benzene rings is 1. The number of hydrogen-bond acceptors (Lipinski definition) is 2. The Balaban J connectivity index is 1.75. The minimum Gasteiger partial charge on any atom is -0.344 e. The van der Waals surface area contributed by atoms with Gasteiger partial charge in [-0.25, -0.2) is 9.37 Å². The lowest BCUT2D eigenvalue weighted by atomic mass is 10.1. The highest BCUT2D eigenvalue weighted by Gasteiger charge is 2.07. The average Bonchev–Trinajstić information content (AvgIpc) is 2.83. The van der Waals surface area contributed by atoms with Crippen molar-refractivity contribution in [3.05, 3.63) is 52.3 Å². The first-order valence-electron chi connectivity index (χ1n) is 7.37. The molecule has 2 rings (SSSR count). The lowest BCUT2D eigenvalue weighted by Gasteiger charge is -2.04. The van der Waals surface area contributed by atoms with Gasteiger partial charge in [-0.05, 0) is 37.1 Å². The normalized spacial score (nSPS) is 11.0. The largest absolute Gasteiger partial charge is 0.344 e. The zero-order valence-electron chi connectivity index (χ0n) is 12.3. The van der Waals surface area contributed by atoms with Crippen LogP contribution in [0.15, 0.2) is 24.3 Å². The molecule has 0 atom stereocenters. The van der Waals surface area contributed by atoms with E-state index in [4.69, 9.17) is 11.6 Å². The molecule has 114 valence electrons. The molecule has 5 heteroatoms. The summed E-state index contributed by atoms with van der Waals surface area (Å²) in [6, 6.07) is 6.59. The van der Waals surface area contributed by atoms with E-state index >= 15 is 0 Å². The van der Waals surface area contributed by atoms with Crippen LogP contribution in [0.4, 0.5) is 4.39 Å². The van der Waals surface area contributed by atoms with Crippen LogP contribution in [0.5, 0.6) is 0 Å². The van der Waals surface area contributed by atoms with E-state index in [-0.39, 0.29) is 5.82 Å². The van der Waals surface area contributed by atoms with Crippen LogP contribution in [0.1, 0.15) is 36.8 Å². The highest BCUT2D eigenvalue weighted by atomic mass is 35.5. The van der Waals surface area contributed by atoms with Crippen LogP contribution in [-0.2, 0) is 19.4 Å². The highest BCUT2D eigenvalue weighted by molar-refractivity contribution is 6.30. The molecule has 0 bridgehead atoms. The molecule has 1 aromatic carbocycles. The Bertz CT molecular complexity index is 551. The van der Waals surface area contributed by atoms with Crippen molar-refractivity contribution in [2.75, 3.05) is 6.54 Å². The number of H-pyrrole nitrogens is 1. The monoisotopic (exact) mass is 309 g/mol. The topological polar surface area (TPSA) is 40.7 Å². The van der Waals surface area contributed by atoms with E-state index in [0.29, 0.717) is 11.7 Å². The summed E-state index contributed by atoms with van der Waals surface area (Å²) in [5, 5.41) is 3.88. The average molecular weight is 310 g/mol. The summed E-state index contributed by atoms with van der Waals surface area (Å²) in [5.74, 6) is 0.757. The van der Waals surface area contributed by atoms with Crippen molar-refractivity contribution in [3.8, 4) is 0 Å². The Morgan fingerprint density at radius 3 is 2.71 bits per heavy atom.